The number of rotatable bonds is 4. The molecule has 9 nitrogen and oxygen atoms in total. The molecule has 0 radical (unpaired) electrons. The van der Waals surface area contributed by atoms with E-state index in [4.69, 9.17) is 14.2 Å². The van der Waals surface area contributed by atoms with E-state index in [9.17, 15) is 19.5 Å². The number of amides is 1. The Bertz CT molecular complexity index is 1120. The molecule has 1 aliphatic rings. The number of carbonyl (C=O) groups is 3. The lowest BCUT2D eigenvalue weighted by atomic mass is 10.0. The lowest BCUT2D eigenvalue weighted by Crippen LogP contribution is -2.33. The first kappa shape index (κ1) is 24.3. The quantitative estimate of drug-likeness (QED) is 0.694. The van der Waals surface area contributed by atoms with Crippen molar-refractivity contribution in [2.45, 2.75) is 65.6 Å². The monoisotopic (exact) mass is 464 g/mol. The molecule has 0 atom stereocenters. The molecule has 33 heavy (non-hydrogen) atoms. The third-order valence-corrected chi connectivity index (χ3v) is 4.77. The molecule has 10 heteroatoms. The number of hydrogen-bond donors (Lipinski definition) is 2. The summed E-state index contributed by atoms with van der Waals surface area (Å²) >= 11 is 0. The van der Waals surface area contributed by atoms with Gasteiger partial charge in [-0.05, 0) is 59.6 Å². The molecule has 0 aliphatic carbocycles. The molecule has 0 saturated carbocycles. The van der Waals surface area contributed by atoms with Gasteiger partial charge in [0.15, 0.2) is 11.6 Å². The fraction of sp³-hybridized carbons (Fsp3) is 0.522. The third kappa shape index (κ3) is 5.20. The third-order valence-electron chi connectivity index (χ3n) is 4.77. The lowest BCUT2D eigenvalue weighted by molar-refractivity contribution is 0.0507. The van der Waals surface area contributed by atoms with Crippen LogP contribution in [0.3, 0.4) is 0 Å². The molecular formula is C23H29FN2O7. The lowest BCUT2D eigenvalue weighted by Gasteiger charge is -2.20. The van der Waals surface area contributed by atoms with Crippen LogP contribution < -0.4 is 10.1 Å². The van der Waals surface area contributed by atoms with Gasteiger partial charge in [0.05, 0.1) is 12.1 Å². The number of nitrogens with zero attached hydrogens (tertiary/aromatic N) is 1. The standard InChI is InChI=1S/C23H29FN2O7/c1-22(2,3)32-20(29)25-9-7-13-15-14(11-12-8-10-31-18(12)16(15)24)26(17(13)19(27)28)21(30)33-23(4,5)6/h11H,7-10H2,1-6H3,(H,25,29)(H,27,28). The predicted molar refractivity (Wildman–Crippen MR) is 118 cm³/mol. The maximum atomic E-state index is 15.5. The Hall–Kier alpha value is -3.30. The van der Waals surface area contributed by atoms with Crippen LogP contribution in [0, 0.1) is 5.82 Å². The van der Waals surface area contributed by atoms with E-state index in [1.807, 2.05) is 0 Å². The molecule has 2 N–H and O–H groups in total. The molecule has 2 aromatic rings. The molecule has 0 fully saturated rings. The Labute approximate surface area is 190 Å². The Balaban J connectivity index is 2.11. The van der Waals surface area contributed by atoms with E-state index in [0.717, 1.165) is 4.57 Å². The summed E-state index contributed by atoms with van der Waals surface area (Å²) in [6.45, 7) is 10.3. The van der Waals surface area contributed by atoms with Crippen molar-refractivity contribution in [1.29, 1.82) is 0 Å². The van der Waals surface area contributed by atoms with E-state index in [2.05, 4.69) is 5.32 Å². The van der Waals surface area contributed by atoms with Gasteiger partial charge in [0.25, 0.3) is 0 Å². The second kappa shape index (κ2) is 8.57. The number of aromatic carboxylic acids is 1. The Kier molecular flexibility index (Phi) is 6.32. The van der Waals surface area contributed by atoms with Crippen LogP contribution in [0.2, 0.25) is 0 Å². The minimum Gasteiger partial charge on any atom is -0.490 e. The largest absolute Gasteiger partial charge is 0.490 e. The minimum absolute atomic E-state index is 0.0417. The fourth-order valence-corrected chi connectivity index (χ4v) is 3.68. The molecule has 2 heterocycles. The van der Waals surface area contributed by atoms with E-state index in [1.165, 1.54) is 0 Å². The SMILES string of the molecule is CC(C)(C)OC(=O)NCCc1c(C(=O)O)n(C(=O)OC(C)(C)C)c2cc3c(c(F)c12)OCC3. The summed E-state index contributed by atoms with van der Waals surface area (Å²) in [7, 11) is 0. The van der Waals surface area contributed by atoms with Crippen LogP contribution in [0.15, 0.2) is 6.07 Å². The number of fused-ring (bicyclic) bond motifs is 2. The minimum atomic E-state index is -1.43. The number of carbonyl (C=O) groups excluding carboxylic acids is 2. The molecule has 3 rings (SSSR count). The van der Waals surface area contributed by atoms with Crippen LogP contribution in [-0.4, -0.2) is 52.2 Å². The smallest absolute Gasteiger partial charge is 0.419 e. The molecule has 1 aliphatic heterocycles. The van der Waals surface area contributed by atoms with Crippen LogP contribution >= 0.6 is 0 Å². The number of nitrogens with one attached hydrogen (secondary N) is 1. The normalized spacial score (nSPS) is 13.4. The first-order valence-electron chi connectivity index (χ1n) is 10.6. The summed E-state index contributed by atoms with van der Waals surface area (Å²) < 4.78 is 32.4. The molecular weight excluding hydrogens is 435 g/mol. The van der Waals surface area contributed by atoms with Crippen molar-refractivity contribution in [3.8, 4) is 5.75 Å². The topological polar surface area (TPSA) is 116 Å². The van der Waals surface area contributed by atoms with Crippen LogP contribution in [0.25, 0.3) is 10.9 Å². The summed E-state index contributed by atoms with van der Waals surface area (Å²) in [5.74, 6) is -2.12. The van der Waals surface area contributed by atoms with Gasteiger partial charge in [0.1, 0.15) is 16.9 Å². The second-order valence-electron chi connectivity index (χ2n) is 9.80. The zero-order valence-corrected chi connectivity index (χ0v) is 19.6. The van der Waals surface area contributed by atoms with E-state index in [1.54, 1.807) is 47.6 Å². The highest BCUT2D eigenvalue weighted by Crippen LogP contribution is 2.39. The van der Waals surface area contributed by atoms with Gasteiger partial charge in [-0.25, -0.2) is 23.3 Å². The highest BCUT2D eigenvalue weighted by molar-refractivity contribution is 6.04. The van der Waals surface area contributed by atoms with Crippen molar-refractivity contribution in [3.63, 3.8) is 0 Å². The predicted octanol–water partition coefficient (Wildman–Crippen LogP) is 4.26. The molecule has 1 aromatic heterocycles. The number of carboxylic acid groups (broad SMARTS) is 1. The Morgan fingerprint density at radius 2 is 1.79 bits per heavy atom. The number of halogens is 1. The average Bonchev–Trinajstić information content (AvgIpc) is 3.22. The zero-order valence-electron chi connectivity index (χ0n) is 19.6. The zero-order chi connectivity index (χ0) is 24.7. The van der Waals surface area contributed by atoms with E-state index in [0.29, 0.717) is 12.0 Å². The summed E-state index contributed by atoms with van der Waals surface area (Å²) in [4.78, 5) is 37.2. The second-order valence-corrected chi connectivity index (χ2v) is 9.80. The summed E-state index contributed by atoms with van der Waals surface area (Å²) in [5, 5.41) is 12.4. The molecule has 0 saturated heterocycles. The van der Waals surface area contributed by atoms with Gasteiger partial charge >= 0.3 is 18.2 Å². The number of benzene rings is 1. The van der Waals surface area contributed by atoms with Gasteiger partial charge in [-0.3, -0.25) is 0 Å². The van der Waals surface area contributed by atoms with Gasteiger partial charge < -0.3 is 24.6 Å². The van der Waals surface area contributed by atoms with Crippen molar-refractivity contribution in [2.75, 3.05) is 13.2 Å². The molecule has 1 aromatic carbocycles. The summed E-state index contributed by atoms with van der Waals surface area (Å²) in [5.41, 5.74) is -1.37. The van der Waals surface area contributed by atoms with Gasteiger partial charge in [0, 0.05) is 23.9 Å². The number of carboxylic acids is 1. The van der Waals surface area contributed by atoms with E-state index >= 15 is 4.39 Å². The summed E-state index contributed by atoms with van der Waals surface area (Å²) in [6.07, 6.45) is -1.27. The van der Waals surface area contributed by atoms with Gasteiger partial charge in [-0.2, -0.15) is 0 Å². The average molecular weight is 464 g/mol. The fourth-order valence-electron chi connectivity index (χ4n) is 3.68. The molecule has 1 amide bonds. The van der Waals surface area contributed by atoms with Crippen molar-refractivity contribution in [2.24, 2.45) is 0 Å². The van der Waals surface area contributed by atoms with Crippen molar-refractivity contribution in [1.82, 2.24) is 9.88 Å². The van der Waals surface area contributed by atoms with Crippen molar-refractivity contribution in [3.05, 3.63) is 28.7 Å². The maximum absolute atomic E-state index is 15.5. The van der Waals surface area contributed by atoms with Gasteiger partial charge in [0.2, 0.25) is 0 Å². The number of aromatic nitrogens is 1. The molecule has 0 bridgehead atoms. The number of hydrogen-bond acceptors (Lipinski definition) is 6. The van der Waals surface area contributed by atoms with Gasteiger partial charge in [-0.1, -0.05) is 0 Å². The van der Waals surface area contributed by atoms with Crippen molar-refractivity contribution < 1.29 is 38.1 Å². The van der Waals surface area contributed by atoms with Crippen LogP contribution in [-0.2, 0) is 22.3 Å². The summed E-state index contributed by atoms with van der Waals surface area (Å²) in [6, 6.07) is 1.56. The molecule has 0 unspecified atom stereocenters. The maximum Gasteiger partial charge on any atom is 0.419 e. The number of alkyl carbamates (subject to hydrolysis) is 1. The number of ether oxygens (including phenoxy) is 3. The highest BCUT2D eigenvalue weighted by atomic mass is 19.1. The Morgan fingerprint density at radius 1 is 1.15 bits per heavy atom. The van der Waals surface area contributed by atoms with E-state index < -0.39 is 40.9 Å². The highest BCUT2D eigenvalue weighted by Gasteiger charge is 2.33. The molecule has 180 valence electrons. The van der Waals surface area contributed by atoms with Gasteiger partial charge in [-0.15, -0.1) is 0 Å². The molecule has 0 spiro atoms. The first-order chi connectivity index (χ1) is 15.2. The van der Waals surface area contributed by atoms with E-state index in [-0.39, 0.29) is 41.8 Å². The Morgan fingerprint density at radius 3 is 2.36 bits per heavy atom. The van der Waals surface area contributed by atoms with Crippen LogP contribution in [0.1, 0.15) is 63.2 Å². The van der Waals surface area contributed by atoms with Crippen LogP contribution in [0.5, 0.6) is 5.75 Å². The first-order valence-corrected chi connectivity index (χ1v) is 10.6. The van der Waals surface area contributed by atoms with Crippen LogP contribution in [0.4, 0.5) is 14.0 Å². The van der Waals surface area contributed by atoms with Crippen molar-refractivity contribution >= 4 is 29.1 Å².